The molecule has 7 heteroatoms. The number of amides is 2. The number of carbonyl (C=O) groups is 3. The minimum atomic E-state index is -0.758. The molecule has 156 valence electrons. The average molecular weight is 392 g/mol. The lowest BCUT2D eigenvalue weighted by Crippen LogP contribution is -2.49. The maximum atomic E-state index is 12.6. The molecular weight excluding hydrogens is 360 g/mol. The van der Waals surface area contributed by atoms with E-state index in [2.05, 4.69) is 10.6 Å². The van der Waals surface area contributed by atoms with Crippen LogP contribution >= 0.6 is 0 Å². The van der Waals surface area contributed by atoms with Crippen molar-refractivity contribution in [2.75, 3.05) is 13.7 Å². The number of hydrogen-bond acceptors (Lipinski definition) is 6. The summed E-state index contributed by atoms with van der Waals surface area (Å²) in [6.45, 7) is 5.80. The molecular formula is C21H32N2O5. The first kappa shape index (κ1) is 23.8. The van der Waals surface area contributed by atoms with Crippen LogP contribution in [0.2, 0.25) is 0 Å². The Bertz CT molecular complexity index is 613. The Hall–Kier alpha value is -2.25. The van der Waals surface area contributed by atoms with E-state index in [1.54, 1.807) is 20.8 Å². The normalized spacial score (nSPS) is 13.4. The fourth-order valence-corrected chi connectivity index (χ4v) is 2.59. The number of methoxy groups -OCH3 is 1. The fourth-order valence-electron chi connectivity index (χ4n) is 2.59. The Morgan fingerprint density at radius 3 is 2.39 bits per heavy atom. The van der Waals surface area contributed by atoms with E-state index in [1.165, 1.54) is 7.11 Å². The molecule has 0 radical (unpaired) electrons. The minimum absolute atomic E-state index is 0.393. The van der Waals surface area contributed by atoms with Crippen molar-refractivity contribution in [3.8, 4) is 0 Å². The zero-order valence-electron chi connectivity index (χ0n) is 17.2. The van der Waals surface area contributed by atoms with Crippen LogP contribution in [0.3, 0.4) is 0 Å². The molecule has 1 rings (SSSR count). The van der Waals surface area contributed by atoms with Crippen LogP contribution in [-0.2, 0) is 25.5 Å². The molecule has 1 aromatic carbocycles. The fraction of sp³-hybridized carbons (Fsp3) is 0.571. The van der Waals surface area contributed by atoms with E-state index in [0.29, 0.717) is 19.4 Å². The zero-order valence-corrected chi connectivity index (χ0v) is 17.2. The highest BCUT2D eigenvalue weighted by molar-refractivity contribution is 5.95. The van der Waals surface area contributed by atoms with Gasteiger partial charge in [0.1, 0.15) is 18.0 Å². The van der Waals surface area contributed by atoms with Gasteiger partial charge in [0, 0.05) is 7.11 Å². The van der Waals surface area contributed by atoms with Gasteiger partial charge in [-0.3, -0.25) is 10.1 Å². The third-order valence-electron chi connectivity index (χ3n) is 3.98. The first-order valence-electron chi connectivity index (χ1n) is 9.54. The van der Waals surface area contributed by atoms with Crippen LogP contribution < -0.4 is 10.6 Å². The summed E-state index contributed by atoms with van der Waals surface area (Å²) in [7, 11) is 1.51. The smallest absolute Gasteiger partial charge is 0.414 e. The largest absolute Gasteiger partial charge is 0.444 e. The monoisotopic (exact) mass is 392 g/mol. The van der Waals surface area contributed by atoms with E-state index in [1.807, 2.05) is 30.3 Å². The molecule has 2 N–H and O–H groups in total. The summed E-state index contributed by atoms with van der Waals surface area (Å²) in [5, 5.41) is 5.50. The van der Waals surface area contributed by atoms with Crippen LogP contribution in [-0.4, -0.2) is 49.7 Å². The number of rotatable bonds is 11. The van der Waals surface area contributed by atoms with Crippen molar-refractivity contribution in [2.45, 2.75) is 64.2 Å². The van der Waals surface area contributed by atoms with Gasteiger partial charge >= 0.3 is 6.09 Å². The van der Waals surface area contributed by atoms with Gasteiger partial charge in [0.25, 0.3) is 0 Å². The molecule has 0 aromatic heterocycles. The number of unbranched alkanes of at least 4 members (excludes halogenated alkanes) is 1. The van der Waals surface area contributed by atoms with Gasteiger partial charge in [-0.2, -0.15) is 0 Å². The van der Waals surface area contributed by atoms with Crippen molar-refractivity contribution >= 4 is 18.3 Å². The quantitative estimate of drug-likeness (QED) is 0.444. The Morgan fingerprint density at radius 1 is 1.14 bits per heavy atom. The molecule has 1 unspecified atom stereocenters. The van der Waals surface area contributed by atoms with Crippen molar-refractivity contribution in [2.24, 2.45) is 0 Å². The summed E-state index contributed by atoms with van der Waals surface area (Å²) in [6.07, 6.45) is 2.29. The highest BCUT2D eigenvalue weighted by Gasteiger charge is 2.23. The van der Waals surface area contributed by atoms with Crippen molar-refractivity contribution in [3.05, 3.63) is 35.9 Å². The van der Waals surface area contributed by atoms with Gasteiger partial charge in [-0.15, -0.1) is 0 Å². The number of imide groups is 1. The number of ether oxygens (including phenoxy) is 2. The van der Waals surface area contributed by atoms with E-state index in [0.717, 1.165) is 24.7 Å². The Labute approximate surface area is 167 Å². The number of alkyl carbamates (subject to hydrolysis) is 1. The second-order valence-electron chi connectivity index (χ2n) is 7.59. The van der Waals surface area contributed by atoms with Crippen LogP contribution in [0.4, 0.5) is 4.79 Å². The third kappa shape index (κ3) is 10.2. The first-order valence-corrected chi connectivity index (χ1v) is 9.54. The molecule has 0 saturated heterocycles. The molecule has 0 spiro atoms. The Morgan fingerprint density at radius 2 is 1.82 bits per heavy atom. The second kappa shape index (κ2) is 12.3. The number of hydrogen-bond donors (Lipinski definition) is 2. The minimum Gasteiger partial charge on any atom is -0.444 e. The second-order valence-corrected chi connectivity index (χ2v) is 7.59. The van der Waals surface area contributed by atoms with Gasteiger partial charge in [-0.25, -0.2) is 4.79 Å². The summed E-state index contributed by atoms with van der Waals surface area (Å²) in [6, 6.07) is 9.02. The van der Waals surface area contributed by atoms with Crippen LogP contribution in [0.1, 0.15) is 45.6 Å². The van der Waals surface area contributed by atoms with Gasteiger partial charge in [0.15, 0.2) is 0 Å². The van der Waals surface area contributed by atoms with Crippen LogP contribution in [0.25, 0.3) is 0 Å². The summed E-state index contributed by atoms with van der Waals surface area (Å²) in [4.78, 5) is 35.2. The first-order chi connectivity index (χ1) is 13.2. The lowest BCUT2D eigenvalue weighted by atomic mass is 10.0. The van der Waals surface area contributed by atoms with Crippen molar-refractivity contribution < 1.29 is 23.9 Å². The van der Waals surface area contributed by atoms with Gasteiger partial charge in [0.2, 0.25) is 5.91 Å². The van der Waals surface area contributed by atoms with Crippen LogP contribution in [0.5, 0.6) is 0 Å². The summed E-state index contributed by atoms with van der Waals surface area (Å²) < 4.78 is 10.2. The SMILES string of the molecule is COC(C=O)CCCCN[C@@H](Cc1ccccc1)C(=O)NC(=O)OC(C)(C)C. The van der Waals surface area contributed by atoms with Gasteiger partial charge < -0.3 is 19.6 Å². The summed E-state index contributed by atoms with van der Waals surface area (Å²) in [5.74, 6) is -0.430. The molecule has 7 nitrogen and oxygen atoms in total. The highest BCUT2D eigenvalue weighted by atomic mass is 16.6. The van der Waals surface area contributed by atoms with Crippen LogP contribution in [0, 0.1) is 0 Å². The average Bonchev–Trinajstić information content (AvgIpc) is 2.62. The molecule has 0 heterocycles. The van der Waals surface area contributed by atoms with E-state index >= 15 is 0 Å². The van der Waals surface area contributed by atoms with Gasteiger partial charge in [-0.05, 0) is 58.6 Å². The molecule has 0 aliphatic heterocycles. The summed E-state index contributed by atoms with van der Waals surface area (Å²) in [5.41, 5.74) is 0.308. The lowest BCUT2D eigenvalue weighted by Gasteiger charge is -2.22. The molecule has 1 aromatic rings. The Balaban J connectivity index is 2.59. The Kier molecular flexibility index (Phi) is 10.4. The van der Waals surface area contributed by atoms with Crippen molar-refractivity contribution in [1.29, 1.82) is 0 Å². The predicted octanol–water partition coefficient (Wildman–Crippen LogP) is 2.62. The molecule has 0 saturated carbocycles. The molecule has 0 fully saturated rings. The topological polar surface area (TPSA) is 93.7 Å². The maximum Gasteiger partial charge on any atom is 0.414 e. The van der Waals surface area contributed by atoms with E-state index in [9.17, 15) is 14.4 Å². The number of aldehydes is 1. The lowest BCUT2D eigenvalue weighted by molar-refractivity contribution is -0.122. The number of nitrogens with one attached hydrogen (secondary N) is 2. The summed E-state index contributed by atoms with van der Waals surface area (Å²) >= 11 is 0. The maximum absolute atomic E-state index is 12.6. The molecule has 0 aliphatic rings. The highest BCUT2D eigenvalue weighted by Crippen LogP contribution is 2.08. The molecule has 2 atom stereocenters. The van der Waals surface area contributed by atoms with Gasteiger partial charge in [0.05, 0.1) is 6.04 Å². The number of benzene rings is 1. The predicted molar refractivity (Wildman–Crippen MR) is 107 cm³/mol. The van der Waals surface area contributed by atoms with Crippen molar-refractivity contribution in [1.82, 2.24) is 10.6 Å². The number of carbonyl (C=O) groups excluding carboxylic acids is 3. The molecule has 2 amide bonds. The van der Waals surface area contributed by atoms with E-state index in [4.69, 9.17) is 9.47 Å². The third-order valence-corrected chi connectivity index (χ3v) is 3.98. The standard InChI is InChI=1S/C21H32N2O5/c1-21(2,3)28-20(26)23-19(25)18(14-16-10-6-5-7-11-16)22-13-9-8-12-17(15-24)27-4/h5-7,10-11,15,17-18,22H,8-9,12-14H2,1-4H3,(H,23,25,26)/t17?,18-/m0/s1. The van der Waals surface area contributed by atoms with E-state index in [-0.39, 0.29) is 0 Å². The molecule has 0 bridgehead atoms. The van der Waals surface area contributed by atoms with Crippen molar-refractivity contribution in [3.63, 3.8) is 0 Å². The van der Waals surface area contributed by atoms with Crippen LogP contribution in [0.15, 0.2) is 30.3 Å². The van der Waals surface area contributed by atoms with E-state index < -0.39 is 29.7 Å². The molecule has 0 aliphatic carbocycles. The molecule has 28 heavy (non-hydrogen) atoms. The zero-order chi connectivity index (χ0) is 21.0. The van der Waals surface area contributed by atoms with Gasteiger partial charge in [-0.1, -0.05) is 30.3 Å².